The van der Waals surface area contributed by atoms with Crippen LogP contribution in [-0.4, -0.2) is 25.5 Å². The Morgan fingerprint density at radius 1 is 1.55 bits per heavy atom. The molecule has 2 aromatic rings. The summed E-state index contributed by atoms with van der Waals surface area (Å²) in [5.41, 5.74) is 1.91. The summed E-state index contributed by atoms with van der Waals surface area (Å²) < 4.78 is 4.17. The van der Waals surface area contributed by atoms with Crippen LogP contribution in [0.5, 0.6) is 0 Å². The maximum atomic E-state index is 12.2. The van der Waals surface area contributed by atoms with Gasteiger partial charge in [0.25, 0.3) is 5.91 Å². The van der Waals surface area contributed by atoms with Crippen molar-refractivity contribution >= 4 is 33.4 Å². The van der Waals surface area contributed by atoms with E-state index in [2.05, 4.69) is 31.4 Å². The van der Waals surface area contributed by atoms with Gasteiger partial charge in [-0.05, 0) is 29.8 Å². The van der Waals surface area contributed by atoms with Crippen LogP contribution in [0.4, 0.5) is 0 Å². The lowest BCUT2D eigenvalue weighted by Gasteiger charge is -2.08. The lowest BCUT2D eigenvalue weighted by atomic mass is 10.3. The monoisotopic (exact) mass is 359 g/mol. The van der Waals surface area contributed by atoms with Crippen LogP contribution in [-0.2, 0) is 20.1 Å². The van der Waals surface area contributed by atoms with Gasteiger partial charge in [-0.15, -0.1) is 0 Å². The number of hydrogen-bond donors (Lipinski definition) is 1. The zero-order valence-corrected chi connectivity index (χ0v) is 13.8. The first-order valence-electron chi connectivity index (χ1n) is 6.13. The van der Waals surface area contributed by atoms with Crippen LogP contribution >= 0.6 is 27.5 Å². The summed E-state index contributed by atoms with van der Waals surface area (Å²) in [6.07, 6.45) is 1.71. The first-order valence-corrected chi connectivity index (χ1v) is 7.30. The molecule has 1 amide bonds. The Labute approximate surface area is 130 Å². The molecule has 20 heavy (non-hydrogen) atoms. The molecule has 0 spiro atoms. The molecule has 6 nitrogen and oxygen atoms in total. The first-order chi connectivity index (χ1) is 9.45. The Balaban J connectivity index is 2.15. The first kappa shape index (κ1) is 15.1. The van der Waals surface area contributed by atoms with E-state index in [1.165, 1.54) is 4.68 Å². The van der Waals surface area contributed by atoms with E-state index in [0.717, 1.165) is 16.7 Å². The van der Waals surface area contributed by atoms with Crippen molar-refractivity contribution in [1.82, 2.24) is 24.9 Å². The molecule has 0 saturated carbocycles. The molecule has 0 aromatic carbocycles. The second-order valence-electron chi connectivity index (χ2n) is 4.31. The summed E-state index contributed by atoms with van der Waals surface area (Å²) in [6.45, 7) is 4.87. The summed E-state index contributed by atoms with van der Waals surface area (Å²) in [7, 11) is 1.69. The van der Waals surface area contributed by atoms with E-state index in [9.17, 15) is 4.79 Å². The molecular weight excluding hydrogens is 346 g/mol. The maximum absolute atomic E-state index is 12.2. The van der Waals surface area contributed by atoms with Crippen LogP contribution in [0.2, 0.25) is 5.02 Å². The normalized spacial score (nSPS) is 10.8. The van der Waals surface area contributed by atoms with Crippen molar-refractivity contribution in [2.75, 3.05) is 0 Å². The number of aryl methyl sites for hydroxylation is 3. The van der Waals surface area contributed by atoms with Gasteiger partial charge in [-0.25, -0.2) is 0 Å². The van der Waals surface area contributed by atoms with Crippen molar-refractivity contribution in [1.29, 1.82) is 0 Å². The molecule has 2 aromatic heterocycles. The molecule has 2 rings (SSSR count). The molecular formula is C12H15BrClN5O. The molecule has 0 aliphatic carbocycles. The smallest absolute Gasteiger partial charge is 0.271 e. The molecule has 0 bridgehead atoms. The van der Waals surface area contributed by atoms with Crippen LogP contribution in [0, 0.1) is 6.92 Å². The summed E-state index contributed by atoms with van der Waals surface area (Å²) in [6, 6.07) is 0. The van der Waals surface area contributed by atoms with Gasteiger partial charge in [-0.3, -0.25) is 14.2 Å². The highest BCUT2D eigenvalue weighted by Crippen LogP contribution is 2.20. The summed E-state index contributed by atoms with van der Waals surface area (Å²) >= 11 is 9.51. The predicted octanol–water partition coefficient (Wildman–Crippen LogP) is 2.29. The quantitative estimate of drug-likeness (QED) is 0.910. The number of amides is 1. The molecule has 0 fully saturated rings. The van der Waals surface area contributed by atoms with Gasteiger partial charge >= 0.3 is 0 Å². The van der Waals surface area contributed by atoms with E-state index < -0.39 is 0 Å². The number of halogens is 2. The van der Waals surface area contributed by atoms with Crippen molar-refractivity contribution in [3.63, 3.8) is 0 Å². The third-order valence-corrected chi connectivity index (χ3v) is 4.09. The second kappa shape index (κ2) is 5.97. The minimum atomic E-state index is -0.256. The van der Waals surface area contributed by atoms with Crippen molar-refractivity contribution in [2.24, 2.45) is 7.05 Å². The number of carbonyl (C=O) groups excluding carboxylic acids is 1. The number of aromatic nitrogens is 4. The molecule has 0 unspecified atom stereocenters. The standard InChI is InChI=1S/C12H15BrClN5O/c1-4-19-9(8(13)5-16-19)6-15-12(20)11-10(14)7(2)17-18(11)3/h5H,4,6H2,1-3H3,(H,15,20). The van der Waals surface area contributed by atoms with Gasteiger partial charge < -0.3 is 5.32 Å². The van der Waals surface area contributed by atoms with E-state index in [0.29, 0.717) is 23.0 Å². The highest BCUT2D eigenvalue weighted by atomic mass is 79.9. The average molecular weight is 361 g/mol. The maximum Gasteiger partial charge on any atom is 0.271 e. The van der Waals surface area contributed by atoms with Gasteiger partial charge in [-0.2, -0.15) is 10.2 Å². The molecule has 1 N–H and O–H groups in total. The number of nitrogens with zero attached hydrogens (tertiary/aromatic N) is 4. The van der Waals surface area contributed by atoms with Crippen LogP contribution < -0.4 is 5.32 Å². The Bertz CT molecular complexity index is 649. The molecule has 0 saturated heterocycles. The van der Waals surface area contributed by atoms with E-state index in [-0.39, 0.29) is 5.91 Å². The Morgan fingerprint density at radius 2 is 2.25 bits per heavy atom. The third kappa shape index (κ3) is 2.73. The lowest BCUT2D eigenvalue weighted by Crippen LogP contribution is -2.26. The fraction of sp³-hybridized carbons (Fsp3) is 0.417. The molecule has 0 atom stereocenters. The van der Waals surface area contributed by atoms with Gasteiger partial charge in [0.1, 0.15) is 5.69 Å². The van der Waals surface area contributed by atoms with Crippen LogP contribution in [0.25, 0.3) is 0 Å². The van der Waals surface area contributed by atoms with Crippen molar-refractivity contribution < 1.29 is 4.79 Å². The van der Waals surface area contributed by atoms with Gasteiger partial charge in [0, 0.05) is 13.6 Å². The fourth-order valence-corrected chi connectivity index (χ4v) is 2.65. The van der Waals surface area contributed by atoms with Crippen molar-refractivity contribution in [3.8, 4) is 0 Å². The molecule has 2 heterocycles. The van der Waals surface area contributed by atoms with E-state index >= 15 is 0 Å². The summed E-state index contributed by atoms with van der Waals surface area (Å²) in [4.78, 5) is 12.2. The largest absolute Gasteiger partial charge is 0.345 e. The number of rotatable bonds is 4. The minimum absolute atomic E-state index is 0.256. The predicted molar refractivity (Wildman–Crippen MR) is 79.7 cm³/mol. The summed E-state index contributed by atoms with van der Waals surface area (Å²) in [5.74, 6) is -0.256. The molecule has 0 radical (unpaired) electrons. The van der Waals surface area contributed by atoms with Gasteiger partial charge in [0.15, 0.2) is 0 Å². The second-order valence-corrected chi connectivity index (χ2v) is 5.54. The van der Waals surface area contributed by atoms with E-state index in [1.54, 1.807) is 20.2 Å². The van der Waals surface area contributed by atoms with Crippen LogP contribution in [0.15, 0.2) is 10.7 Å². The Morgan fingerprint density at radius 3 is 2.80 bits per heavy atom. The van der Waals surface area contributed by atoms with E-state index in [4.69, 9.17) is 11.6 Å². The Hall–Kier alpha value is -1.34. The highest BCUT2D eigenvalue weighted by Gasteiger charge is 2.19. The molecule has 108 valence electrons. The highest BCUT2D eigenvalue weighted by molar-refractivity contribution is 9.10. The summed E-state index contributed by atoms with van der Waals surface area (Å²) in [5, 5.41) is 11.5. The van der Waals surface area contributed by atoms with Crippen LogP contribution in [0.1, 0.15) is 28.8 Å². The average Bonchev–Trinajstić information content (AvgIpc) is 2.88. The topological polar surface area (TPSA) is 64.7 Å². The molecule has 8 heteroatoms. The SMILES string of the molecule is CCn1ncc(Br)c1CNC(=O)c1c(Cl)c(C)nn1C. The fourth-order valence-electron chi connectivity index (χ4n) is 1.96. The number of nitrogens with one attached hydrogen (secondary N) is 1. The minimum Gasteiger partial charge on any atom is -0.345 e. The van der Waals surface area contributed by atoms with Crippen molar-refractivity contribution in [2.45, 2.75) is 26.9 Å². The van der Waals surface area contributed by atoms with Gasteiger partial charge in [-0.1, -0.05) is 11.6 Å². The number of carbonyl (C=O) groups is 1. The molecule has 0 aliphatic rings. The molecule has 0 aliphatic heterocycles. The Kier molecular flexibility index (Phi) is 4.49. The van der Waals surface area contributed by atoms with E-state index in [1.807, 2.05) is 11.6 Å². The number of hydrogen-bond acceptors (Lipinski definition) is 3. The third-order valence-electron chi connectivity index (χ3n) is 2.98. The lowest BCUT2D eigenvalue weighted by molar-refractivity contribution is 0.0940. The van der Waals surface area contributed by atoms with Gasteiger partial charge in [0.2, 0.25) is 0 Å². The zero-order chi connectivity index (χ0) is 14.9. The van der Waals surface area contributed by atoms with Crippen LogP contribution in [0.3, 0.4) is 0 Å². The zero-order valence-electron chi connectivity index (χ0n) is 11.4. The van der Waals surface area contributed by atoms with Gasteiger partial charge in [0.05, 0.1) is 33.6 Å². The van der Waals surface area contributed by atoms with Crippen molar-refractivity contribution in [3.05, 3.63) is 32.8 Å².